The maximum Gasteiger partial charge on any atom is 0.416 e. The van der Waals surface area contributed by atoms with E-state index >= 15 is 0 Å². The van der Waals surface area contributed by atoms with E-state index in [4.69, 9.17) is 0 Å². The third kappa shape index (κ3) is 3.11. The number of nitrogens with one attached hydrogen (secondary N) is 1. The van der Waals surface area contributed by atoms with Crippen LogP contribution in [0.2, 0.25) is 0 Å². The fourth-order valence-corrected chi connectivity index (χ4v) is 3.39. The molecule has 2 heterocycles. The Morgan fingerprint density at radius 3 is 2.82 bits per heavy atom. The molecule has 0 spiro atoms. The number of hydrogen-bond donors (Lipinski definition) is 1. The van der Waals surface area contributed by atoms with E-state index in [0.717, 1.165) is 37.9 Å². The van der Waals surface area contributed by atoms with Gasteiger partial charge >= 0.3 is 6.18 Å². The van der Waals surface area contributed by atoms with Crippen LogP contribution in [0.5, 0.6) is 0 Å². The predicted octanol–water partition coefficient (Wildman–Crippen LogP) is 2.92. The van der Waals surface area contributed by atoms with Crippen molar-refractivity contribution in [3.63, 3.8) is 0 Å². The van der Waals surface area contributed by atoms with Gasteiger partial charge in [0, 0.05) is 24.7 Å². The van der Waals surface area contributed by atoms with Gasteiger partial charge in [0.2, 0.25) is 0 Å². The number of likely N-dealkylation sites (tertiary alicyclic amines) is 1. The van der Waals surface area contributed by atoms with Gasteiger partial charge in [-0.3, -0.25) is 4.79 Å². The van der Waals surface area contributed by atoms with Crippen LogP contribution in [0, 0.1) is 5.92 Å². The van der Waals surface area contributed by atoms with Crippen molar-refractivity contribution in [3.8, 4) is 0 Å². The summed E-state index contributed by atoms with van der Waals surface area (Å²) in [6.07, 6.45) is -1.06. The predicted molar refractivity (Wildman–Crippen MR) is 76.5 cm³/mol. The Morgan fingerprint density at radius 1 is 1.23 bits per heavy atom. The van der Waals surface area contributed by atoms with Crippen LogP contribution < -0.4 is 5.32 Å². The molecule has 2 aliphatic rings. The number of amides is 1. The average Bonchev–Trinajstić information content (AvgIpc) is 2.77. The van der Waals surface area contributed by atoms with Crippen molar-refractivity contribution in [2.24, 2.45) is 5.92 Å². The molecule has 3 rings (SSSR count). The molecule has 22 heavy (non-hydrogen) atoms. The SMILES string of the molecule is O=C(c1cccc(C(F)(F)F)c1)N1CC2CCCCNC2C1. The van der Waals surface area contributed by atoms with Gasteiger partial charge in [-0.25, -0.2) is 0 Å². The molecule has 1 amide bonds. The number of hydrogen-bond acceptors (Lipinski definition) is 2. The lowest BCUT2D eigenvalue weighted by molar-refractivity contribution is -0.137. The first kappa shape index (κ1) is 15.3. The normalized spacial score (nSPS) is 25.7. The van der Waals surface area contributed by atoms with Crippen LogP contribution >= 0.6 is 0 Å². The summed E-state index contributed by atoms with van der Waals surface area (Å²) in [5, 5.41) is 3.44. The highest BCUT2D eigenvalue weighted by Gasteiger charge is 2.36. The van der Waals surface area contributed by atoms with Crippen LogP contribution in [0.15, 0.2) is 24.3 Å². The zero-order valence-corrected chi connectivity index (χ0v) is 12.2. The Balaban J connectivity index is 1.75. The number of nitrogens with zero attached hydrogens (tertiary/aromatic N) is 1. The lowest BCUT2D eigenvalue weighted by Crippen LogP contribution is -2.36. The molecule has 0 aliphatic carbocycles. The number of rotatable bonds is 1. The van der Waals surface area contributed by atoms with Crippen molar-refractivity contribution >= 4 is 5.91 Å². The summed E-state index contributed by atoms with van der Waals surface area (Å²) < 4.78 is 38.3. The van der Waals surface area contributed by atoms with Gasteiger partial charge in [0.05, 0.1) is 5.56 Å². The molecule has 0 radical (unpaired) electrons. The van der Waals surface area contributed by atoms with Crippen LogP contribution in [-0.4, -0.2) is 36.5 Å². The Labute approximate surface area is 127 Å². The van der Waals surface area contributed by atoms with Crippen molar-refractivity contribution in [1.29, 1.82) is 0 Å². The fourth-order valence-electron chi connectivity index (χ4n) is 3.39. The summed E-state index contributed by atoms with van der Waals surface area (Å²) in [5.41, 5.74) is -0.656. The third-order valence-electron chi connectivity index (χ3n) is 4.57. The highest BCUT2D eigenvalue weighted by atomic mass is 19.4. The Kier molecular flexibility index (Phi) is 4.12. The summed E-state index contributed by atoms with van der Waals surface area (Å²) in [7, 11) is 0. The molecular formula is C16H19F3N2O. The number of fused-ring (bicyclic) bond motifs is 1. The van der Waals surface area contributed by atoms with Crippen LogP contribution in [0.4, 0.5) is 13.2 Å². The van der Waals surface area contributed by atoms with Crippen molar-refractivity contribution in [1.82, 2.24) is 10.2 Å². The number of carbonyl (C=O) groups excluding carboxylic acids is 1. The van der Waals surface area contributed by atoms with Gasteiger partial charge in [0.15, 0.2) is 0 Å². The molecule has 2 unspecified atom stereocenters. The van der Waals surface area contributed by atoms with Crippen molar-refractivity contribution in [2.45, 2.75) is 31.5 Å². The van der Waals surface area contributed by atoms with Gasteiger partial charge in [-0.2, -0.15) is 13.2 Å². The largest absolute Gasteiger partial charge is 0.416 e. The summed E-state index contributed by atoms with van der Waals surface area (Å²) in [4.78, 5) is 14.2. The molecule has 120 valence electrons. The zero-order valence-electron chi connectivity index (χ0n) is 12.2. The second kappa shape index (κ2) is 5.91. The second-order valence-corrected chi connectivity index (χ2v) is 6.11. The minimum absolute atomic E-state index is 0.117. The van der Waals surface area contributed by atoms with Crippen molar-refractivity contribution < 1.29 is 18.0 Å². The molecule has 6 heteroatoms. The minimum Gasteiger partial charge on any atom is -0.337 e. The fraction of sp³-hybridized carbons (Fsp3) is 0.562. The molecule has 1 aromatic carbocycles. The van der Waals surface area contributed by atoms with E-state index in [9.17, 15) is 18.0 Å². The summed E-state index contributed by atoms with van der Waals surface area (Å²) >= 11 is 0. The van der Waals surface area contributed by atoms with Gasteiger partial charge in [0.1, 0.15) is 0 Å². The lowest BCUT2D eigenvalue weighted by Gasteiger charge is -2.18. The number of halogens is 3. The Morgan fingerprint density at radius 2 is 2.05 bits per heavy atom. The van der Waals surface area contributed by atoms with Crippen LogP contribution in [0.3, 0.4) is 0 Å². The average molecular weight is 312 g/mol. The first-order chi connectivity index (χ1) is 10.4. The minimum atomic E-state index is -4.42. The quantitative estimate of drug-likeness (QED) is 0.865. The summed E-state index contributed by atoms with van der Waals surface area (Å²) in [6.45, 7) is 2.17. The Bertz CT molecular complexity index is 545. The van der Waals surface area contributed by atoms with Gasteiger partial charge in [0.25, 0.3) is 5.91 Å². The van der Waals surface area contributed by atoms with Crippen molar-refractivity contribution in [3.05, 3.63) is 35.4 Å². The standard InChI is InChI=1S/C16H19F3N2O/c17-16(18,19)13-6-3-5-11(8-13)15(22)21-9-12-4-1-2-7-20-14(12)10-21/h3,5-6,8,12,14,20H,1-2,4,7,9-10H2. The van der Waals surface area contributed by atoms with Gasteiger partial charge in [-0.1, -0.05) is 12.5 Å². The molecule has 3 nitrogen and oxygen atoms in total. The molecule has 2 aliphatic heterocycles. The number of carbonyl (C=O) groups is 1. The highest BCUT2D eigenvalue weighted by molar-refractivity contribution is 5.94. The van der Waals surface area contributed by atoms with E-state index in [-0.39, 0.29) is 17.5 Å². The molecule has 0 aromatic heterocycles. The number of alkyl halides is 3. The van der Waals surface area contributed by atoms with E-state index in [1.54, 1.807) is 4.90 Å². The maximum atomic E-state index is 12.8. The third-order valence-corrected chi connectivity index (χ3v) is 4.57. The lowest BCUT2D eigenvalue weighted by atomic mass is 9.99. The van der Waals surface area contributed by atoms with Crippen LogP contribution in [0.25, 0.3) is 0 Å². The smallest absolute Gasteiger partial charge is 0.337 e. The summed E-state index contributed by atoms with van der Waals surface area (Å²) in [6, 6.07) is 4.97. The Hall–Kier alpha value is -1.56. The van der Waals surface area contributed by atoms with Gasteiger partial charge < -0.3 is 10.2 Å². The highest BCUT2D eigenvalue weighted by Crippen LogP contribution is 2.31. The van der Waals surface area contributed by atoms with E-state index in [1.807, 2.05) is 0 Å². The van der Waals surface area contributed by atoms with Crippen LogP contribution in [0.1, 0.15) is 35.2 Å². The van der Waals surface area contributed by atoms with Gasteiger partial charge in [-0.15, -0.1) is 0 Å². The van der Waals surface area contributed by atoms with Crippen LogP contribution in [-0.2, 0) is 6.18 Å². The number of benzene rings is 1. The summed E-state index contributed by atoms with van der Waals surface area (Å²) in [5.74, 6) is 0.109. The molecule has 0 bridgehead atoms. The zero-order chi connectivity index (χ0) is 15.7. The molecular weight excluding hydrogens is 293 g/mol. The first-order valence-electron chi connectivity index (χ1n) is 7.65. The second-order valence-electron chi connectivity index (χ2n) is 6.11. The first-order valence-corrected chi connectivity index (χ1v) is 7.65. The van der Waals surface area contributed by atoms with E-state index in [1.165, 1.54) is 12.1 Å². The molecule has 2 saturated heterocycles. The van der Waals surface area contributed by atoms with E-state index < -0.39 is 11.7 Å². The van der Waals surface area contributed by atoms with E-state index in [2.05, 4.69) is 5.32 Å². The van der Waals surface area contributed by atoms with Crippen molar-refractivity contribution in [2.75, 3.05) is 19.6 Å². The maximum absolute atomic E-state index is 12.8. The molecule has 2 fully saturated rings. The molecule has 1 N–H and O–H groups in total. The van der Waals surface area contributed by atoms with E-state index in [0.29, 0.717) is 19.0 Å². The monoisotopic (exact) mass is 312 g/mol. The molecule has 2 atom stereocenters. The topological polar surface area (TPSA) is 32.3 Å². The molecule has 0 saturated carbocycles. The van der Waals surface area contributed by atoms with Gasteiger partial charge in [-0.05, 0) is 43.5 Å². The molecule has 1 aromatic rings.